The maximum Gasteiger partial charge on any atom is 0.108 e. The zero-order valence-electron chi connectivity index (χ0n) is 11.0. The number of ether oxygens (including phenoxy) is 1. The van der Waals surface area contributed by atoms with Gasteiger partial charge in [0, 0.05) is 19.6 Å². The van der Waals surface area contributed by atoms with Crippen LogP contribution in [0.25, 0.3) is 0 Å². The van der Waals surface area contributed by atoms with E-state index in [4.69, 9.17) is 4.74 Å². The van der Waals surface area contributed by atoms with Gasteiger partial charge in [0.05, 0.1) is 20.2 Å². The fourth-order valence-corrected chi connectivity index (χ4v) is 1.81. The Bertz CT molecular complexity index is 233. The summed E-state index contributed by atoms with van der Waals surface area (Å²) >= 11 is 0. The Kier molecular flexibility index (Phi) is 6.53. The second kappa shape index (κ2) is 6.81. The highest BCUT2D eigenvalue weighted by molar-refractivity contribution is 5.16. The van der Waals surface area contributed by atoms with Crippen LogP contribution in [0.5, 0.6) is 0 Å². The molecule has 0 radical (unpaired) electrons. The maximum absolute atomic E-state index is 5.18. The van der Waals surface area contributed by atoms with Crippen LogP contribution in [0.15, 0.2) is 23.9 Å². The minimum atomic E-state index is 0.804. The van der Waals surface area contributed by atoms with Crippen LogP contribution >= 0.6 is 0 Å². The minimum absolute atomic E-state index is 0.804. The van der Waals surface area contributed by atoms with E-state index in [9.17, 15) is 0 Å². The van der Waals surface area contributed by atoms with Crippen LogP contribution in [-0.2, 0) is 4.74 Å². The molecule has 1 unspecified atom stereocenters. The Morgan fingerprint density at radius 1 is 1.33 bits per heavy atom. The second-order valence-corrected chi connectivity index (χ2v) is 4.31. The number of nitrogens with zero attached hydrogens (tertiary/aromatic N) is 1. The van der Waals surface area contributed by atoms with Gasteiger partial charge < -0.3 is 4.74 Å². The summed E-state index contributed by atoms with van der Waals surface area (Å²) in [6.07, 6.45) is 3.12. The first kappa shape index (κ1) is 14.4. The molecule has 2 nitrogen and oxygen atoms in total. The van der Waals surface area contributed by atoms with E-state index in [1.165, 1.54) is 17.7 Å². The number of methoxy groups -OCH3 is 1. The van der Waals surface area contributed by atoms with Gasteiger partial charge in [0.2, 0.25) is 0 Å². The molecule has 15 heavy (non-hydrogen) atoms. The molecule has 0 N–H and O–H groups in total. The standard InChI is InChI=1S/C13H26NO/c1-7-9-14(5,10-11-15-6)13(4)12(3)8-2/h8H,2,7,9-11H2,1,3-6H3/q+1. The van der Waals surface area contributed by atoms with Crippen molar-refractivity contribution in [2.75, 3.05) is 33.9 Å². The summed E-state index contributed by atoms with van der Waals surface area (Å²) in [7, 11) is 4.03. The Labute approximate surface area is 94.8 Å². The first-order chi connectivity index (χ1) is 7.01. The molecule has 0 fully saturated rings. The normalized spacial score (nSPS) is 16.9. The molecule has 0 aromatic heterocycles. The number of hydrogen-bond acceptors (Lipinski definition) is 1. The van der Waals surface area contributed by atoms with Gasteiger partial charge in [-0.25, -0.2) is 0 Å². The lowest BCUT2D eigenvalue weighted by molar-refractivity contribution is -0.873. The van der Waals surface area contributed by atoms with Crippen molar-refractivity contribution < 1.29 is 9.22 Å². The largest absolute Gasteiger partial charge is 0.379 e. The van der Waals surface area contributed by atoms with Crippen molar-refractivity contribution >= 4 is 0 Å². The smallest absolute Gasteiger partial charge is 0.108 e. The number of hydrogen-bond donors (Lipinski definition) is 0. The van der Waals surface area contributed by atoms with E-state index in [0.717, 1.165) is 24.2 Å². The molecule has 88 valence electrons. The SMILES string of the molecule is C=CC(C)=C(C)[N+](C)(CCC)CCOC. The van der Waals surface area contributed by atoms with Gasteiger partial charge in [-0.05, 0) is 13.3 Å². The molecule has 1 atom stereocenters. The van der Waals surface area contributed by atoms with Crippen LogP contribution in [0.4, 0.5) is 0 Å². The molecule has 0 bridgehead atoms. The minimum Gasteiger partial charge on any atom is -0.379 e. The Morgan fingerprint density at radius 3 is 2.33 bits per heavy atom. The van der Waals surface area contributed by atoms with Crippen LogP contribution in [0.2, 0.25) is 0 Å². The van der Waals surface area contributed by atoms with Gasteiger partial charge in [-0.2, -0.15) is 0 Å². The number of rotatable bonds is 7. The van der Waals surface area contributed by atoms with Gasteiger partial charge in [-0.15, -0.1) is 0 Å². The third-order valence-electron chi connectivity index (χ3n) is 3.19. The Hall–Kier alpha value is -0.600. The van der Waals surface area contributed by atoms with Crippen molar-refractivity contribution in [1.29, 1.82) is 0 Å². The molecule has 0 saturated heterocycles. The highest BCUT2D eigenvalue weighted by Crippen LogP contribution is 2.19. The van der Waals surface area contributed by atoms with Crippen LogP contribution in [0.1, 0.15) is 27.2 Å². The van der Waals surface area contributed by atoms with Gasteiger partial charge >= 0.3 is 0 Å². The number of allylic oxidation sites excluding steroid dienone is 3. The number of likely N-dealkylation sites (N-methyl/N-ethyl adjacent to an activating group) is 1. The average molecular weight is 212 g/mol. The summed E-state index contributed by atoms with van der Waals surface area (Å²) in [6.45, 7) is 13.4. The quantitative estimate of drug-likeness (QED) is 0.466. The molecule has 0 aliphatic rings. The average Bonchev–Trinajstić information content (AvgIpc) is 2.24. The fraction of sp³-hybridized carbons (Fsp3) is 0.692. The van der Waals surface area contributed by atoms with E-state index in [2.05, 4.69) is 34.4 Å². The molecular weight excluding hydrogens is 186 g/mol. The summed E-state index contributed by atoms with van der Waals surface area (Å²) in [4.78, 5) is 0. The van der Waals surface area contributed by atoms with Crippen molar-refractivity contribution in [3.63, 3.8) is 0 Å². The van der Waals surface area contributed by atoms with E-state index < -0.39 is 0 Å². The van der Waals surface area contributed by atoms with Crippen LogP contribution < -0.4 is 0 Å². The molecule has 0 rings (SSSR count). The molecular formula is C13H26NO+. The van der Waals surface area contributed by atoms with E-state index in [1.807, 2.05) is 6.08 Å². The van der Waals surface area contributed by atoms with Crippen molar-refractivity contribution in [3.05, 3.63) is 23.9 Å². The molecule has 0 aromatic rings. The van der Waals surface area contributed by atoms with Crippen molar-refractivity contribution in [3.8, 4) is 0 Å². The van der Waals surface area contributed by atoms with Crippen LogP contribution in [0, 0.1) is 0 Å². The Morgan fingerprint density at radius 2 is 1.93 bits per heavy atom. The zero-order valence-corrected chi connectivity index (χ0v) is 11.0. The maximum atomic E-state index is 5.18. The highest BCUT2D eigenvalue weighted by atomic mass is 16.5. The molecule has 0 spiro atoms. The summed E-state index contributed by atoms with van der Waals surface area (Å²) in [5.74, 6) is 0. The molecule has 2 heteroatoms. The molecule has 0 aliphatic heterocycles. The van der Waals surface area contributed by atoms with Gasteiger partial charge in [0.25, 0.3) is 0 Å². The molecule has 0 saturated carbocycles. The van der Waals surface area contributed by atoms with E-state index in [-0.39, 0.29) is 0 Å². The highest BCUT2D eigenvalue weighted by Gasteiger charge is 2.24. The summed E-state index contributed by atoms with van der Waals surface area (Å²) in [5.41, 5.74) is 2.67. The summed E-state index contributed by atoms with van der Waals surface area (Å²) < 4.78 is 6.14. The fourth-order valence-electron chi connectivity index (χ4n) is 1.81. The molecule has 0 heterocycles. The van der Waals surface area contributed by atoms with Crippen molar-refractivity contribution in [1.82, 2.24) is 0 Å². The third-order valence-corrected chi connectivity index (χ3v) is 3.19. The topological polar surface area (TPSA) is 9.23 Å². The first-order valence-electron chi connectivity index (χ1n) is 5.65. The lowest BCUT2D eigenvalue weighted by Crippen LogP contribution is -2.45. The van der Waals surface area contributed by atoms with Gasteiger partial charge in [-0.1, -0.05) is 19.6 Å². The monoisotopic (exact) mass is 212 g/mol. The predicted molar refractivity (Wildman–Crippen MR) is 66.7 cm³/mol. The molecule has 0 amide bonds. The lowest BCUT2D eigenvalue weighted by Gasteiger charge is -2.35. The molecule has 0 aromatic carbocycles. The molecule has 0 aliphatic carbocycles. The Balaban J connectivity index is 4.83. The van der Waals surface area contributed by atoms with Crippen LogP contribution in [0.3, 0.4) is 0 Å². The second-order valence-electron chi connectivity index (χ2n) is 4.31. The van der Waals surface area contributed by atoms with Crippen molar-refractivity contribution in [2.24, 2.45) is 0 Å². The van der Waals surface area contributed by atoms with Crippen LogP contribution in [-0.4, -0.2) is 38.3 Å². The number of quaternary nitrogens is 1. The van der Waals surface area contributed by atoms with E-state index >= 15 is 0 Å². The zero-order chi connectivity index (χ0) is 11.9. The van der Waals surface area contributed by atoms with Gasteiger partial charge in [0.15, 0.2) is 0 Å². The van der Waals surface area contributed by atoms with Crippen molar-refractivity contribution in [2.45, 2.75) is 27.2 Å². The lowest BCUT2D eigenvalue weighted by atomic mass is 10.1. The summed E-state index contributed by atoms with van der Waals surface area (Å²) in [5, 5.41) is 0. The first-order valence-corrected chi connectivity index (χ1v) is 5.65. The predicted octanol–water partition coefficient (Wildman–Crippen LogP) is 2.97. The van der Waals surface area contributed by atoms with Gasteiger partial charge in [-0.3, -0.25) is 4.48 Å². The van der Waals surface area contributed by atoms with E-state index in [1.54, 1.807) is 7.11 Å². The van der Waals surface area contributed by atoms with E-state index in [0.29, 0.717) is 0 Å². The van der Waals surface area contributed by atoms with Gasteiger partial charge in [0.1, 0.15) is 12.2 Å². The summed E-state index contributed by atoms with van der Waals surface area (Å²) in [6, 6.07) is 0. The third kappa shape index (κ3) is 4.18.